The number of aromatic nitrogens is 8. The van der Waals surface area contributed by atoms with Crippen molar-refractivity contribution in [2.24, 2.45) is 0 Å². The van der Waals surface area contributed by atoms with Gasteiger partial charge in [0.1, 0.15) is 0 Å². The van der Waals surface area contributed by atoms with Gasteiger partial charge >= 0.3 is 17.1 Å². The molecule has 2 aliphatic heterocycles. The maximum Gasteiger partial charge on any atom is 2.00 e. The Morgan fingerprint density at radius 1 is 0.326 bits per heavy atom. The molecule has 20 nitrogen and oxygen atoms in total. The van der Waals surface area contributed by atoms with Gasteiger partial charge in [0, 0.05) is 97.2 Å². The monoisotopic (exact) mass is 1340 g/mol. The third kappa shape index (κ3) is 14.4. The summed E-state index contributed by atoms with van der Waals surface area (Å²) in [4.78, 5) is 40.5. The van der Waals surface area contributed by atoms with Crippen molar-refractivity contribution < 1.29 is 50.7 Å². The molecule has 9 rings (SSSR count). The third-order valence-electron chi connectivity index (χ3n) is 16.2. The number of hydrogen-bond donors (Lipinski definition) is 0. The molecule has 7 aromatic rings. The quantitative estimate of drug-likeness (QED) is 0.0355. The average Bonchev–Trinajstić information content (AvgIpc) is 1.80. The average molecular weight is 1340 g/mol. The number of fused-ring (bicyclic) bond motifs is 20. The van der Waals surface area contributed by atoms with E-state index >= 15 is 16.8 Å². The molecule has 0 saturated heterocycles. The van der Waals surface area contributed by atoms with Crippen LogP contribution in [0.5, 0.6) is 0 Å². The molecule has 5 heterocycles. The summed E-state index contributed by atoms with van der Waals surface area (Å²) in [6.07, 6.45) is 11.2. The van der Waals surface area contributed by atoms with Gasteiger partial charge in [-0.05, 0) is 109 Å². The number of rotatable bonds is 32. The van der Waals surface area contributed by atoms with Crippen LogP contribution in [0.15, 0.2) is 92.4 Å². The van der Waals surface area contributed by atoms with Gasteiger partial charge in [-0.1, -0.05) is 143 Å². The Morgan fingerprint density at radius 2 is 0.607 bits per heavy atom. The Balaban J connectivity index is 0.0000102. The summed E-state index contributed by atoms with van der Waals surface area (Å²) in [5.41, 5.74) is 0.944. The first kappa shape index (κ1) is 69.3. The molecule has 0 amide bonds. The van der Waals surface area contributed by atoms with Crippen LogP contribution >= 0.6 is 0 Å². The molecule has 0 aliphatic carbocycles. The molecule has 89 heavy (non-hydrogen) atoms. The van der Waals surface area contributed by atoms with Crippen molar-refractivity contribution in [1.29, 1.82) is 0 Å². The van der Waals surface area contributed by atoms with Crippen molar-refractivity contribution in [3.63, 3.8) is 0 Å². The van der Waals surface area contributed by atoms with E-state index in [9.17, 15) is 16.8 Å². The van der Waals surface area contributed by atoms with Crippen molar-refractivity contribution in [1.82, 2.24) is 57.1 Å². The molecule has 3 aromatic heterocycles. The first-order valence-electron chi connectivity index (χ1n) is 31.6. The Morgan fingerprint density at radius 3 is 0.910 bits per heavy atom. The third-order valence-corrected chi connectivity index (χ3v) is 23.9. The fourth-order valence-corrected chi connectivity index (χ4v) is 17.6. The molecule has 8 bridgehead atoms. The van der Waals surface area contributed by atoms with Crippen molar-refractivity contribution in [3.05, 3.63) is 72.8 Å². The Labute approximate surface area is 536 Å². The summed E-state index contributed by atoms with van der Waals surface area (Å²) in [5.74, 6) is -0.0525. The molecule has 0 spiro atoms. The van der Waals surface area contributed by atoms with E-state index in [4.69, 9.17) is 39.9 Å². The van der Waals surface area contributed by atoms with Crippen molar-refractivity contribution in [2.75, 3.05) is 52.4 Å². The van der Waals surface area contributed by atoms with Crippen molar-refractivity contribution >= 4 is 84.2 Å². The Hall–Kier alpha value is -5.60. The zero-order chi connectivity index (χ0) is 63.0. The molecule has 0 fully saturated rings. The molecule has 0 unspecified atom stereocenters. The van der Waals surface area contributed by atoms with Crippen molar-refractivity contribution in [2.45, 2.75) is 178 Å². The number of nitrogens with zero attached hydrogens (tertiary/aromatic N) is 12. The number of benzene rings is 4. The second-order valence-corrected chi connectivity index (χ2v) is 30.4. The van der Waals surface area contributed by atoms with Crippen LogP contribution < -0.4 is 9.97 Å². The summed E-state index contributed by atoms with van der Waals surface area (Å²) in [6.45, 7) is 18.4. The summed E-state index contributed by atoms with van der Waals surface area (Å²) >= 11 is 0. The number of hydrogen-bond acceptors (Lipinski definition) is 14. The van der Waals surface area contributed by atoms with Crippen LogP contribution in [0.25, 0.3) is 89.7 Å². The van der Waals surface area contributed by atoms with E-state index in [0.717, 1.165) is 51.4 Å². The second-order valence-electron chi connectivity index (χ2n) is 22.7. The SMILES string of the molecule is CCCCN(CCCC)S(=O)(=O)c1ccc2c3nc4nc(nc5nc(nc6[n-]c(nc([n-]3)c2c1)c1cc(S(=O)(=O)N(CCCC)CCCC)ccc61)-c1c-5cccc1S(=O)(=O)N(CCCC)CCCC)-c1cccc(S(=O)(=O)N(CCCC)CCCC)c1-4.[Cu+2]. The molecule has 25 heteroatoms. The predicted octanol–water partition coefficient (Wildman–Crippen LogP) is 12.5. The molecule has 0 saturated carbocycles. The molecule has 0 N–H and O–H groups in total. The first-order chi connectivity index (χ1) is 42.3. The molecule has 2 aliphatic rings. The fourth-order valence-electron chi connectivity index (χ4n) is 11.1. The van der Waals surface area contributed by atoms with Gasteiger partial charge in [0.05, 0.1) is 31.2 Å². The van der Waals surface area contributed by atoms with Gasteiger partial charge < -0.3 is 24.9 Å². The standard InChI is InChI=1S/C64H84N12O8S4.Cu/c1-9-17-35-73(36-18-10-2)85(77,78)45-31-33-47-51(43-45)61-65-57(47)69-63-55-49(27-25-29-53(55)87(81,82)75(39-21-13-5)40-22-14-6)59(71-63)67-60-50-28-26-30-54(88(83,84)76(41-23-15-7)42-24-16-8)56(50)64(72-60)70-58-48-34-32-46(44-52(48)62(66-58)68-61)86(79,80)74(37-19-11-3)38-20-12-4;/h25-34,43-44H,9-24,35-42H2,1-8H3;/q-2;+2. The largest absolute Gasteiger partial charge is 2.00 e. The van der Waals surface area contributed by atoms with Crippen LogP contribution in [-0.4, -0.2) is 133 Å². The molecular formula is C64H84CuN12O8S4. The van der Waals surface area contributed by atoms with Crippen molar-refractivity contribution in [3.8, 4) is 45.6 Å². The number of unbranched alkanes of at least 4 members (excludes halogenated alkanes) is 8. The minimum atomic E-state index is -4.25. The van der Waals surface area contributed by atoms with Crippen LogP contribution in [0.1, 0.15) is 158 Å². The summed E-state index contributed by atoms with van der Waals surface area (Å²) in [6, 6.07) is 19.0. The van der Waals surface area contributed by atoms with Gasteiger partial charge in [-0.2, -0.15) is 17.2 Å². The van der Waals surface area contributed by atoms with Gasteiger partial charge in [0.2, 0.25) is 40.1 Å². The fraction of sp³-hybridized carbons (Fsp3) is 0.500. The van der Waals surface area contributed by atoms with Crippen LogP contribution in [0.4, 0.5) is 0 Å². The van der Waals surface area contributed by atoms with Gasteiger partial charge in [0.15, 0.2) is 11.6 Å². The van der Waals surface area contributed by atoms with Gasteiger partial charge in [-0.25, -0.2) is 48.6 Å². The van der Waals surface area contributed by atoms with Crippen LogP contribution in [0.2, 0.25) is 0 Å². The maximum absolute atomic E-state index is 15.3. The molecular weight excluding hydrogens is 1260 g/mol. The Kier molecular flexibility index (Phi) is 23.5. The van der Waals surface area contributed by atoms with Crippen LogP contribution in [0, 0.1) is 0 Å². The normalized spacial score (nSPS) is 12.9. The van der Waals surface area contributed by atoms with E-state index in [2.05, 4.69) is 0 Å². The number of sulfonamides is 4. The van der Waals surface area contributed by atoms with E-state index in [1.807, 2.05) is 55.4 Å². The maximum atomic E-state index is 15.3. The zero-order valence-electron chi connectivity index (χ0n) is 52.5. The van der Waals surface area contributed by atoms with E-state index < -0.39 is 40.1 Å². The molecule has 4 aromatic carbocycles. The zero-order valence-corrected chi connectivity index (χ0v) is 56.7. The molecule has 483 valence electrons. The van der Waals surface area contributed by atoms with E-state index in [1.54, 1.807) is 36.4 Å². The Bertz CT molecular complexity index is 4010. The molecule has 1 radical (unpaired) electrons. The van der Waals surface area contributed by atoms with E-state index in [0.29, 0.717) is 99.4 Å². The minimum absolute atomic E-state index is 0. The van der Waals surface area contributed by atoms with Crippen LogP contribution in [-0.2, 0) is 57.2 Å². The predicted molar refractivity (Wildman–Crippen MR) is 348 cm³/mol. The van der Waals surface area contributed by atoms with Gasteiger partial charge in [0.25, 0.3) is 0 Å². The first-order valence-corrected chi connectivity index (χ1v) is 37.4. The summed E-state index contributed by atoms with van der Waals surface area (Å²) < 4.78 is 126. The van der Waals surface area contributed by atoms with Gasteiger partial charge in [-0.3, -0.25) is 0 Å². The molecule has 0 atom stereocenters. The van der Waals surface area contributed by atoms with E-state index in [1.165, 1.54) is 53.6 Å². The van der Waals surface area contributed by atoms with E-state index in [-0.39, 0.29) is 131 Å². The minimum Gasteiger partial charge on any atom is -0.357 e. The summed E-state index contributed by atoms with van der Waals surface area (Å²) in [7, 11) is -16.7. The second kappa shape index (κ2) is 30.2. The topological polar surface area (TPSA) is 255 Å². The summed E-state index contributed by atoms with van der Waals surface area (Å²) in [5, 5.41) is 1.24. The van der Waals surface area contributed by atoms with Crippen LogP contribution in [0.3, 0.4) is 0 Å². The van der Waals surface area contributed by atoms with Gasteiger partial charge in [-0.15, -0.1) is 0 Å². The smallest absolute Gasteiger partial charge is 0.357 e.